The first-order valence-corrected chi connectivity index (χ1v) is 7.81. The molecule has 0 radical (unpaired) electrons. The first kappa shape index (κ1) is 15.7. The summed E-state index contributed by atoms with van der Waals surface area (Å²) in [4.78, 5) is 12.7. The molecule has 2 atom stereocenters. The first-order chi connectivity index (χ1) is 9.58. The fraction of sp³-hybridized carbons (Fsp3) is 0.615. The second-order valence-electron chi connectivity index (χ2n) is 4.88. The maximum Gasteiger partial charge on any atom is 0.237 e. The van der Waals surface area contributed by atoms with E-state index in [1.54, 1.807) is 12.1 Å². The Balaban J connectivity index is 1.79. The van der Waals surface area contributed by atoms with Crippen molar-refractivity contribution in [3.8, 4) is 0 Å². The van der Waals surface area contributed by atoms with Crippen LogP contribution in [-0.4, -0.2) is 36.8 Å². The molecule has 2 heterocycles. The highest BCUT2D eigenvalue weighted by atomic mass is 35.5. The number of ether oxygens (including phenoxy) is 1. The number of amides is 1. The summed E-state index contributed by atoms with van der Waals surface area (Å²) in [6.07, 6.45) is 0.855. The van der Waals surface area contributed by atoms with Crippen LogP contribution < -0.4 is 11.1 Å². The zero-order valence-electron chi connectivity index (χ0n) is 11.0. The van der Waals surface area contributed by atoms with E-state index in [4.69, 9.17) is 22.1 Å². The van der Waals surface area contributed by atoms with Gasteiger partial charge in [0.15, 0.2) is 0 Å². The maximum absolute atomic E-state index is 12.0. The Labute approximate surface area is 127 Å². The molecule has 112 valence electrons. The number of hydrogen-bond donors (Lipinski definition) is 3. The molecule has 1 aliphatic rings. The van der Waals surface area contributed by atoms with Gasteiger partial charge in [0.25, 0.3) is 0 Å². The summed E-state index contributed by atoms with van der Waals surface area (Å²) in [5, 5.41) is 12.6. The van der Waals surface area contributed by atoms with E-state index in [1.165, 1.54) is 11.3 Å². The van der Waals surface area contributed by atoms with Crippen molar-refractivity contribution in [3.05, 3.63) is 21.3 Å². The normalized spacial score (nSPS) is 19.6. The van der Waals surface area contributed by atoms with Crippen LogP contribution in [0, 0.1) is 5.92 Å². The van der Waals surface area contributed by atoms with Gasteiger partial charge in [-0.3, -0.25) is 4.79 Å². The molecule has 7 heteroatoms. The maximum atomic E-state index is 12.0. The van der Waals surface area contributed by atoms with Gasteiger partial charge < -0.3 is 20.9 Å². The molecular formula is C13H19ClN2O3S. The minimum absolute atomic E-state index is 0.145. The van der Waals surface area contributed by atoms with Crippen LogP contribution in [0.2, 0.25) is 4.34 Å². The van der Waals surface area contributed by atoms with Crippen molar-refractivity contribution in [2.24, 2.45) is 11.7 Å². The standard InChI is InChI=1S/C13H19ClN2O3S/c14-11-2-1-10(20-11)9(17)7-16-13(18)12(15)8-3-5-19-6-4-8/h1-2,8-9,12,17H,3-7,15H2,(H,16,18). The number of hydrogen-bond acceptors (Lipinski definition) is 5. The van der Waals surface area contributed by atoms with Gasteiger partial charge in [-0.1, -0.05) is 11.6 Å². The molecule has 2 rings (SSSR count). The molecule has 1 fully saturated rings. The third-order valence-electron chi connectivity index (χ3n) is 3.47. The van der Waals surface area contributed by atoms with Gasteiger partial charge in [0.1, 0.15) is 6.10 Å². The summed E-state index contributed by atoms with van der Waals surface area (Å²) < 4.78 is 5.86. The topological polar surface area (TPSA) is 84.6 Å². The number of thiophene rings is 1. The fourth-order valence-corrected chi connectivity index (χ4v) is 3.26. The molecule has 0 bridgehead atoms. The average molecular weight is 319 g/mol. The van der Waals surface area contributed by atoms with E-state index >= 15 is 0 Å². The van der Waals surface area contributed by atoms with Crippen LogP contribution in [0.25, 0.3) is 0 Å². The molecular weight excluding hydrogens is 300 g/mol. The van der Waals surface area contributed by atoms with Crippen molar-refractivity contribution in [2.45, 2.75) is 25.0 Å². The Morgan fingerprint density at radius 2 is 2.25 bits per heavy atom. The molecule has 5 nitrogen and oxygen atoms in total. The molecule has 20 heavy (non-hydrogen) atoms. The minimum atomic E-state index is -0.752. The summed E-state index contributed by atoms with van der Waals surface area (Å²) in [7, 11) is 0. The van der Waals surface area contributed by atoms with Gasteiger partial charge >= 0.3 is 0 Å². The highest BCUT2D eigenvalue weighted by Gasteiger charge is 2.26. The summed E-state index contributed by atoms with van der Waals surface area (Å²) in [6, 6.07) is 2.93. The van der Waals surface area contributed by atoms with Crippen LogP contribution in [0.1, 0.15) is 23.8 Å². The van der Waals surface area contributed by atoms with Crippen LogP contribution >= 0.6 is 22.9 Å². The summed E-state index contributed by atoms with van der Waals surface area (Å²) >= 11 is 7.11. The molecule has 1 saturated heterocycles. The number of halogens is 1. The summed E-state index contributed by atoms with van der Waals surface area (Å²) in [5.41, 5.74) is 5.95. The van der Waals surface area contributed by atoms with Crippen molar-refractivity contribution in [1.29, 1.82) is 0 Å². The lowest BCUT2D eigenvalue weighted by Crippen LogP contribution is -2.47. The zero-order chi connectivity index (χ0) is 14.5. The molecule has 4 N–H and O–H groups in total. The SMILES string of the molecule is NC(C(=O)NCC(O)c1ccc(Cl)s1)C1CCOCC1. The van der Waals surface area contributed by atoms with Gasteiger partial charge in [-0.25, -0.2) is 0 Å². The van der Waals surface area contributed by atoms with E-state index in [0.717, 1.165) is 17.7 Å². The third kappa shape index (κ3) is 4.17. The summed E-state index contributed by atoms with van der Waals surface area (Å²) in [6.45, 7) is 1.45. The van der Waals surface area contributed by atoms with Gasteiger partial charge in [0, 0.05) is 24.6 Å². The van der Waals surface area contributed by atoms with E-state index < -0.39 is 12.1 Å². The second-order valence-corrected chi connectivity index (χ2v) is 6.63. The number of aliphatic hydroxyl groups excluding tert-OH is 1. The van der Waals surface area contributed by atoms with Gasteiger partial charge in [0.2, 0.25) is 5.91 Å². The summed E-state index contributed by atoms with van der Waals surface area (Å²) in [5.74, 6) is -0.0734. The van der Waals surface area contributed by atoms with Crippen LogP contribution in [0.5, 0.6) is 0 Å². The smallest absolute Gasteiger partial charge is 0.237 e. The number of aliphatic hydroxyl groups is 1. The average Bonchev–Trinajstić information content (AvgIpc) is 2.91. The van der Waals surface area contributed by atoms with E-state index in [-0.39, 0.29) is 18.4 Å². The minimum Gasteiger partial charge on any atom is -0.386 e. The number of rotatable bonds is 5. The molecule has 2 unspecified atom stereocenters. The predicted molar refractivity (Wildman–Crippen MR) is 78.8 cm³/mol. The molecule has 0 aliphatic carbocycles. The lowest BCUT2D eigenvalue weighted by Gasteiger charge is -2.27. The predicted octanol–water partition coefficient (Wildman–Crippen LogP) is 1.31. The molecule has 1 aliphatic heterocycles. The van der Waals surface area contributed by atoms with Crippen molar-refractivity contribution in [1.82, 2.24) is 5.32 Å². The van der Waals surface area contributed by atoms with E-state index in [9.17, 15) is 9.90 Å². The van der Waals surface area contributed by atoms with E-state index in [0.29, 0.717) is 17.6 Å². The first-order valence-electron chi connectivity index (χ1n) is 6.62. The number of nitrogens with two attached hydrogens (primary N) is 1. The van der Waals surface area contributed by atoms with E-state index in [2.05, 4.69) is 5.32 Å². The Hall–Kier alpha value is -0.660. The highest BCUT2D eigenvalue weighted by molar-refractivity contribution is 7.16. The van der Waals surface area contributed by atoms with Crippen molar-refractivity contribution >= 4 is 28.8 Å². The quantitative estimate of drug-likeness (QED) is 0.764. The van der Waals surface area contributed by atoms with Crippen LogP contribution in [0.15, 0.2) is 12.1 Å². The van der Waals surface area contributed by atoms with Crippen molar-refractivity contribution < 1.29 is 14.6 Å². The van der Waals surface area contributed by atoms with Gasteiger partial charge in [-0.2, -0.15) is 0 Å². The molecule has 0 saturated carbocycles. The molecule has 0 aromatic carbocycles. The number of carbonyl (C=O) groups is 1. The Bertz CT molecular complexity index is 449. The second kappa shape index (κ2) is 7.38. The molecule has 1 aromatic rings. The number of nitrogens with one attached hydrogen (secondary N) is 1. The monoisotopic (exact) mass is 318 g/mol. The van der Waals surface area contributed by atoms with Gasteiger partial charge in [0.05, 0.1) is 10.4 Å². The van der Waals surface area contributed by atoms with Crippen LogP contribution in [0.4, 0.5) is 0 Å². The van der Waals surface area contributed by atoms with Gasteiger partial charge in [-0.05, 0) is 30.9 Å². The molecule has 0 spiro atoms. The van der Waals surface area contributed by atoms with Crippen LogP contribution in [0.3, 0.4) is 0 Å². The highest BCUT2D eigenvalue weighted by Crippen LogP contribution is 2.26. The largest absolute Gasteiger partial charge is 0.386 e. The number of carbonyl (C=O) groups excluding carboxylic acids is 1. The zero-order valence-corrected chi connectivity index (χ0v) is 12.6. The molecule has 1 amide bonds. The lowest BCUT2D eigenvalue weighted by atomic mass is 9.92. The Kier molecular flexibility index (Phi) is 5.80. The van der Waals surface area contributed by atoms with Gasteiger partial charge in [-0.15, -0.1) is 11.3 Å². The van der Waals surface area contributed by atoms with E-state index in [1.807, 2.05) is 0 Å². The lowest BCUT2D eigenvalue weighted by molar-refractivity contribution is -0.124. The Morgan fingerprint density at radius 3 is 2.85 bits per heavy atom. The fourth-order valence-electron chi connectivity index (χ4n) is 2.21. The Morgan fingerprint density at radius 1 is 1.55 bits per heavy atom. The third-order valence-corrected chi connectivity index (χ3v) is 4.80. The van der Waals surface area contributed by atoms with Crippen molar-refractivity contribution in [3.63, 3.8) is 0 Å². The van der Waals surface area contributed by atoms with Crippen molar-refractivity contribution in [2.75, 3.05) is 19.8 Å². The molecule has 1 aromatic heterocycles. The van der Waals surface area contributed by atoms with Crippen LogP contribution in [-0.2, 0) is 9.53 Å².